The van der Waals surface area contributed by atoms with Crippen LogP contribution in [0.25, 0.3) is 0 Å². The van der Waals surface area contributed by atoms with Crippen LogP contribution in [-0.2, 0) is 4.79 Å². The van der Waals surface area contributed by atoms with Gasteiger partial charge in [0.25, 0.3) is 0 Å². The van der Waals surface area contributed by atoms with Gasteiger partial charge in [-0.2, -0.15) is 0 Å². The van der Waals surface area contributed by atoms with E-state index in [4.69, 9.17) is 5.11 Å². The molecule has 25 heavy (non-hydrogen) atoms. The maximum absolute atomic E-state index is 12.5. The Hall–Kier alpha value is -1.30. The number of likely N-dealkylation sites (tertiary alicyclic amines) is 1. The first-order valence-electron chi connectivity index (χ1n) is 10.0. The van der Waals surface area contributed by atoms with Crippen LogP contribution >= 0.6 is 0 Å². The fourth-order valence-corrected chi connectivity index (χ4v) is 4.85. The van der Waals surface area contributed by atoms with Crippen molar-refractivity contribution in [3.05, 3.63) is 0 Å². The molecule has 3 aliphatic rings. The van der Waals surface area contributed by atoms with Crippen LogP contribution in [0.1, 0.15) is 58.3 Å². The molecule has 2 N–H and O–H groups in total. The Morgan fingerprint density at radius 3 is 2.28 bits per heavy atom. The summed E-state index contributed by atoms with van der Waals surface area (Å²) in [5.41, 5.74) is 0.396. The fourth-order valence-electron chi connectivity index (χ4n) is 4.85. The monoisotopic (exact) mass is 351 g/mol. The second-order valence-electron chi connectivity index (χ2n) is 8.18. The Morgan fingerprint density at radius 1 is 1.16 bits per heavy atom. The van der Waals surface area contributed by atoms with Gasteiger partial charge in [0, 0.05) is 25.7 Å². The van der Waals surface area contributed by atoms with Crippen LogP contribution in [0.4, 0.5) is 4.79 Å². The van der Waals surface area contributed by atoms with Gasteiger partial charge in [0.15, 0.2) is 0 Å². The van der Waals surface area contributed by atoms with E-state index in [1.165, 1.54) is 38.5 Å². The Balaban J connectivity index is 1.43. The van der Waals surface area contributed by atoms with Crippen molar-refractivity contribution in [2.75, 3.05) is 32.7 Å². The van der Waals surface area contributed by atoms with Crippen LogP contribution in [0.15, 0.2) is 0 Å². The average molecular weight is 351 g/mol. The molecule has 142 valence electrons. The molecule has 1 heterocycles. The molecule has 3 rings (SSSR count). The topological polar surface area (TPSA) is 72.9 Å². The number of amides is 2. The van der Waals surface area contributed by atoms with E-state index in [0.717, 1.165) is 44.9 Å². The van der Waals surface area contributed by atoms with Crippen LogP contribution in [0.3, 0.4) is 0 Å². The highest BCUT2D eigenvalue weighted by atomic mass is 16.4. The molecule has 6 heteroatoms. The third-order valence-corrected chi connectivity index (χ3v) is 6.92. The Labute approximate surface area is 150 Å². The quantitative estimate of drug-likeness (QED) is 0.739. The molecule has 2 aliphatic carbocycles. The Morgan fingerprint density at radius 2 is 1.84 bits per heavy atom. The lowest BCUT2D eigenvalue weighted by molar-refractivity contribution is -0.139. The highest BCUT2D eigenvalue weighted by molar-refractivity contribution is 5.74. The predicted molar refractivity (Wildman–Crippen MR) is 96.5 cm³/mol. The number of piperidine rings is 1. The number of carboxylic acid groups (broad SMARTS) is 1. The number of nitrogens with zero attached hydrogens (tertiary/aromatic N) is 2. The zero-order valence-corrected chi connectivity index (χ0v) is 15.5. The van der Waals surface area contributed by atoms with Crippen molar-refractivity contribution in [3.8, 4) is 0 Å². The van der Waals surface area contributed by atoms with E-state index in [-0.39, 0.29) is 18.6 Å². The molecule has 3 fully saturated rings. The lowest BCUT2D eigenvalue weighted by atomic mass is 9.55. The van der Waals surface area contributed by atoms with Crippen molar-refractivity contribution in [1.29, 1.82) is 0 Å². The zero-order valence-electron chi connectivity index (χ0n) is 15.5. The van der Waals surface area contributed by atoms with Crippen molar-refractivity contribution in [3.63, 3.8) is 0 Å². The summed E-state index contributed by atoms with van der Waals surface area (Å²) in [7, 11) is 0. The van der Waals surface area contributed by atoms with E-state index in [9.17, 15) is 9.59 Å². The summed E-state index contributed by atoms with van der Waals surface area (Å²) in [5.74, 6) is 0.0604. The van der Waals surface area contributed by atoms with Crippen molar-refractivity contribution >= 4 is 12.0 Å². The SMILES string of the molecule is CCN(CC(=O)O)C1CCN(C(=O)NCC2(C3CCC3)CCC2)CC1. The van der Waals surface area contributed by atoms with Crippen LogP contribution in [0.2, 0.25) is 0 Å². The van der Waals surface area contributed by atoms with Gasteiger partial charge in [0.05, 0.1) is 6.54 Å². The van der Waals surface area contributed by atoms with E-state index in [1.54, 1.807) is 0 Å². The minimum Gasteiger partial charge on any atom is -0.480 e. The third kappa shape index (κ3) is 4.10. The molecule has 6 nitrogen and oxygen atoms in total. The van der Waals surface area contributed by atoms with Gasteiger partial charge in [-0.1, -0.05) is 19.8 Å². The number of nitrogens with one attached hydrogen (secondary N) is 1. The molecule has 0 atom stereocenters. The van der Waals surface area contributed by atoms with Gasteiger partial charge in [0.1, 0.15) is 0 Å². The molecule has 0 aromatic carbocycles. The molecule has 2 saturated carbocycles. The predicted octanol–water partition coefficient (Wildman–Crippen LogP) is 2.54. The molecule has 0 radical (unpaired) electrons. The van der Waals surface area contributed by atoms with Gasteiger partial charge < -0.3 is 15.3 Å². The first-order valence-corrected chi connectivity index (χ1v) is 10.0. The first-order chi connectivity index (χ1) is 12.0. The highest BCUT2D eigenvalue weighted by Gasteiger charge is 2.46. The fraction of sp³-hybridized carbons (Fsp3) is 0.895. The molecule has 1 saturated heterocycles. The number of carbonyl (C=O) groups is 2. The zero-order chi connectivity index (χ0) is 17.9. The van der Waals surface area contributed by atoms with Crippen LogP contribution in [-0.4, -0.2) is 65.7 Å². The number of hydrogen-bond acceptors (Lipinski definition) is 3. The van der Waals surface area contributed by atoms with Gasteiger partial charge >= 0.3 is 12.0 Å². The van der Waals surface area contributed by atoms with Gasteiger partial charge in [-0.15, -0.1) is 0 Å². The number of likely N-dealkylation sites (N-methyl/N-ethyl adjacent to an activating group) is 1. The number of carboxylic acids is 1. The standard InChI is InChI=1S/C19H33N3O3/c1-2-21(13-17(23)24)16-7-11-22(12-8-16)18(25)20-14-19(9-4-10-19)15-5-3-6-15/h15-16H,2-14H2,1H3,(H,20,25)(H,23,24). The van der Waals surface area contributed by atoms with Crippen molar-refractivity contribution in [2.45, 2.75) is 64.3 Å². The van der Waals surface area contributed by atoms with E-state index in [2.05, 4.69) is 5.32 Å². The highest BCUT2D eigenvalue weighted by Crippen LogP contribution is 2.53. The summed E-state index contributed by atoms with van der Waals surface area (Å²) in [4.78, 5) is 27.4. The molecule has 0 spiro atoms. The summed E-state index contributed by atoms with van der Waals surface area (Å²) in [6, 6.07) is 0.350. The Bertz CT molecular complexity index is 480. The first kappa shape index (κ1) is 18.5. The van der Waals surface area contributed by atoms with Crippen molar-refractivity contribution in [2.24, 2.45) is 11.3 Å². The van der Waals surface area contributed by atoms with Gasteiger partial charge in [-0.05, 0) is 56.4 Å². The average Bonchev–Trinajstić information content (AvgIpc) is 2.52. The van der Waals surface area contributed by atoms with E-state index in [1.807, 2.05) is 16.7 Å². The normalized spacial score (nSPS) is 23.8. The second-order valence-corrected chi connectivity index (χ2v) is 8.18. The van der Waals surface area contributed by atoms with Gasteiger partial charge in [-0.25, -0.2) is 4.79 Å². The molecular weight excluding hydrogens is 318 g/mol. The minimum absolute atomic E-state index is 0.0744. The maximum Gasteiger partial charge on any atom is 0.317 e. The Kier molecular flexibility index (Phi) is 5.87. The summed E-state index contributed by atoms with van der Waals surface area (Å²) in [5, 5.41) is 12.2. The molecule has 0 bridgehead atoms. The number of rotatable bonds is 7. The second kappa shape index (κ2) is 7.94. The molecular formula is C19H33N3O3. The van der Waals surface area contributed by atoms with Gasteiger partial charge in [-0.3, -0.25) is 9.69 Å². The summed E-state index contributed by atoms with van der Waals surface area (Å²) in [6.07, 6.45) is 9.65. The number of hydrogen-bond donors (Lipinski definition) is 2. The van der Waals surface area contributed by atoms with Crippen molar-refractivity contribution in [1.82, 2.24) is 15.1 Å². The molecule has 2 amide bonds. The number of carbonyl (C=O) groups excluding carboxylic acids is 1. The van der Waals surface area contributed by atoms with Gasteiger partial charge in [0.2, 0.25) is 0 Å². The summed E-state index contributed by atoms with van der Waals surface area (Å²) >= 11 is 0. The molecule has 1 aliphatic heterocycles. The van der Waals surface area contributed by atoms with E-state index < -0.39 is 5.97 Å². The lowest BCUT2D eigenvalue weighted by Crippen LogP contribution is -2.54. The van der Waals surface area contributed by atoms with Crippen LogP contribution in [0, 0.1) is 11.3 Å². The summed E-state index contributed by atoms with van der Waals surface area (Å²) < 4.78 is 0. The van der Waals surface area contributed by atoms with Crippen LogP contribution in [0.5, 0.6) is 0 Å². The summed E-state index contributed by atoms with van der Waals surface area (Å²) in [6.45, 7) is 5.13. The molecule has 0 aromatic rings. The molecule has 0 unspecified atom stereocenters. The maximum atomic E-state index is 12.5. The largest absolute Gasteiger partial charge is 0.480 e. The molecule has 0 aromatic heterocycles. The number of urea groups is 1. The number of aliphatic carboxylic acids is 1. The smallest absolute Gasteiger partial charge is 0.317 e. The minimum atomic E-state index is -0.774. The van der Waals surface area contributed by atoms with E-state index >= 15 is 0 Å². The third-order valence-electron chi connectivity index (χ3n) is 6.92. The van der Waals surface area contributed by atoms with E-state index in [0.29, 0.717) is 5.41 Å². The lowest BCUT2D eigenvalue weighted by Gasteiger charge is -2.52. The van der Waals surface area contributed by atoms with Crippen LogP contribution < -0.4 is 5.32 Å². The van der Waals surface area contributed by atoms with Crippen molar-refractivity contribution < 1.29 is 14.7 Å².